The highest BCUT2D eigenvalue weighted by Crippen LogP contribution is 2.57. The van der Waals surface area contributed by atoms with E-state index in [1.165, 1.54) is 5.56 Å². The Morgan fingerprint density at radius 2 is 0.930 bits per heavy atom. The summed E-state index contributed by atoms with van der Waals surface area (Å²) in [6.45, 7) is 0. The first-order chi connectivity index (χ1) is 29.9. The molecule has 1 aliphatic carbocycles. The third-order valence-electron chi connectivity index (χ3n) is 11.4. The topological polar surface area (TPSA) is 16.4 Å². The molecular weight excluding hydrogens is 691 g/mol. The van der Waals surface area contributed by atoms with E-state index in [1.807, 2.05) is 89.8 Å². The first kappa shape index (κ1) is 28.9. The van der Waals surface area contributed by atoms with Crippen LogP contribution in [0.1, 0.15) is 27.7 Å². The number of hydrogen-bond acceptors (Lipinski definition) is 2. The van der Waals surface area contributed by atoms with Crippen molar-refractivity contribution in [3.63, 3.8) is 0 Å². The Labute approximate surface area is 338 Å². The second-order valence-corrected chi connectivity index (χ2v) is 14.5. The lowest BCUT2D eigenvalue weighted by molar-refractivity contribution is 0.669. The van der Waals surface area contributed by atoms with Crippen molar-refractivity contribution < 1.29 is 9.90 Å². The molecule has 0 atom stereocenters. The average molecular weight is 732 g/mol. The van der Waals surface area contributed by atoms with E-state index in [-0.39, 0.29) is 35.4 Å². The van der Waals surface area contributed by atoms with Crippen LogP contribution in [0.5, 0.6) is 0 Å². The van der Waals surface area contributed by atoms with E-state index in [4.69, 9.17) is 4.42 Å². The summed E-state index contributed by atoms with van der Waals surface area (Å²) in [5.74, 6) is 0. The summed E-state index contributed by atoms with van der Waals surface area (Å²) in [7, 11) is 0. The van der Waals surface area contributed by atoms with Crippen LogP contribution in [-0.2, 0) is 5.41 Å². The number of hydrogen-bond donors (Lipinski definition) is 0. The molecule has 10 aromatic rings. The molecule has 0 N–H and O–H groups in total. The number of nitrogens with zero attached hydrogens (tertiary/aromatic N) is 1. The minimum atomic E-state index is -0.679. The van der Waals surface area contributed by atoms with Crippen LogP contribution in [0.25, 0.3) is 55.3 Å². The molecule has 0 amide bonds. The van der Waals surface area contributed by atoms with Gasteiger partial charge in [0.1, 0.15) is 11.2 Å². The highest BCUT2D eigenvalue weighted by Gasteiger charge is 2.46. The minimum absolute atomic E-state index is 0.0963. The van der Waals surface area contributed by atoms with Crippen molar-refractivity contribution in [3.05, 3.63) is 247 Å². The summed E-state index contributed by atoms with van der Waals surface area (Å²) in [5, 5.41) is 2.10. The molecule has 11 rings (SSSR count). The summed E-state index contributed by atoms with van der Waals surface area (Å²) < 4.78 is 44.1. The molecule has 0 saturated heterocycles. The van der Waals surface area contributed by atoms with E-state index in [2.05, 4.69) is 115 Å². The van der Waals surface area contributed by atoms with E-state index >= 15 is 0 Å². The lowest BCUT2D eigenvalue weighted by Gasteiger charge is -2.35. The van der Waals surface area contributed by atoms with Gasteiger partial charge in [0.2, 0.25) is 0 Å². The van der Waals surface area contributed by atoms with Gasteiger partial charge in [0, 0.05) is 27.8 Å². The fourth-order valence-electron chi connectivity index (χ4n) is 8.85. The fraction of sp³-hybridized carbons (Fsp3) is 0.0182. The predicted molar refractivity (Wildman–Crippen MR) is 237 cm³/mol. The van der Waals surface area contributed by atoms with E-state index in [1.54, 1.807) is 0 Å². The number of para-hydroxylation sites is 1. The van der Waals surface area contributed by atoms with Gasteiger partial charge in [-0.05, 0) is 110 Å². The molecule has 0 unspecified atom stereocenters. The van der Waals surface area contributed by atoms with Crippen molar-refractivity contribution in [2.24, 2.45) is 0 Å². The molecule has 0 radical (unpaired) electrons. The van der Waals surface area contributed by atoms with Gasteiger partial charge in [0.15, 0.2) is 0 Å². The first-order valence-corrected chi connectivity index (χ1v) is 19.3. The number of fused-ring (bicyclic) bond motifs is 6. The number of furan rings is 1. The van der Waals surface area contributed by atoms with Crippen molar-refractivity contribution >= 4 is 39.0 Å². The van der Waals surface area contributed by atoms with E-state index in [9.17, 15) is 5.48 Å². The highest BCUT2D eigenvalue weighted by atomic mass is 16.3. The third kappa shape index (κ3) is 5.33. The van der Waals surface area contributed by atoms with Gasteiger partial charge in [-0.2, -0.15) is 0 Å². The second kappa shape index (κ2) is 13.4. The lowest BCUT2D eigenvalue weighted by atomic mass is 9.67. The quantitative estimate of drug-likeness (QED) is 0.162. The summed E-state index contributed by atoms with van der Waals surface area (Å²) in [4.78, 5) is 1.90. The van der Waals surface area contributed by atoms with Gasteiger partial charge in [-0.1, -0.05) is 170 Å². The molecule has 0 spiro atoms. The first-order valence-electron chi connectivity index (χ1n) is 21.3. The number of benzene rings is 9. The van der Waals surface area contributed by atoms with Crippen molar-refractivity contribution in [3.8, 4) is 33.4 Å². The van der Waals surface area contributed by atoms with Crippen LogP contribution in [0.15, 0.2) is 229 Å². The SMILES string of the molecule is [2H]c1c([2H])c(N(c2ccc(-c3ccc4oc5ccccc5c4c3)cc2)c2ccc3c(c2)C(c2ccccc2)(c2ccccc2)c2ccccc2-3)c([2H])c([2H])c1-c1ccccc1. The lowest BCUT2D eigenvalue weighted by Crippen LogP contribution is -2.28. The predicted octanol–water partition coefficient (Wildman–Crippen LogP) is 14.8. The van der Waals surface area contributed by atoms with Crippen molar-refractivity contribution in [2.75, 3.05) is 4.90 Å². The average Bonchev–Trinajstić information content (AvgIpc) is 3.84. The molecule has 1 heterocycles. The van der Waals surface area contributed by atoms with Crippen molar-refractivity contribution in [1.29, 1.82) is 0 Å². The monoisotopic (exact) mass is 731 g/mol. The van der Waals surface area contributed by atoms with E-state index < -0.39 is 5.41 Å². The maximum atomic E-state index is 9.62. The largest absolute Gasteiger partial charge is 0.456 e. The van der Waals surface area contributed by atoms with Crippen molar-refractivity contribution in [2.45, 2.75) is 5.41 Å². The Morgan fingerprint density at radius 1 is 0.368 bits per heavy atom. The van der Waals surface area contributed by atoms with E-state index in [0.29, 0.717) is 11.3 Å². The molecule has 268 valence electrons. The standard InChI is InChI=1S/C55H37NO/c1-4-14-38(15-5-1)39-24-29-44(30-25-39)56(45-31-26-40(27-32-45)41-28-35-54-50(36-41)49-21-11-13-23-53(49)57-54)46-33-34-48-47-20-10-12-22-51(47)55(52(48)37-46,42-16-6-2-7-17-42)43-18-8-3-9-19-43/h1-37H/i24D,25D,29D,30D. The Bertz CT molecular complexity index is 3220. The van der Waals surface area contributed by atoms with Crippen LogP contribution < -0.4 is 4.90 Å². The van der Waals surface area contributed by atoms with Crippen LogP contribution in [0.3, 0.4) is 0 Å². The normalized spacial score (nSPS) is 13.7. The van der Waals surface area contributed by atoms with Crippen LogP contribution in [0.4, 0.5) is 17.1 Å². The van der Waals surface area contributed by atoms with Gasteiger partial charge in [0.25, 0.3) is 0 Å². The fourth-order valence-corrected chi connectivity index (χ4v) is 8.85. The van der Waals surface area contributed by atoms with Gasteiger partial charge in [-0.3, -0.25) is 0 Å². The molecule has 1 aromatic heterocycles. The van der Waals surface area contributed by atoms with Gasteiger partial charge >= 0.3 is 0 Å². The van der Waals surface area contributed by atoms with Crippen LogP contribution in [0.2, 0.25) is 0 Å². The molecular formula is C55H37NO. The molecule has 9 aromatic carbocycles. The summed E-state index contributed by atoms with van der Waals surface area (Å²) in [6, 6.07) is 67.4. The highest BCUT2D eigenvalue weighted by molar-refractivity contribution is 6.06. The minimum Gasteiger partial charge on any atom is -0.456 e. The zero-order chi connectivity index (χ0) is 41.2. The molecule has 57 heavy (non-hydrogen) atoms. The maximum Gasteiger partial charge on any atom is 0.135 e. The zero-order valence-electron chi connectivity index (χ0n) is 34.9. The van der Waals surface area contributed by atoms with Gasteiger partial charge in [0.05, 0.1) is 10.9 Å². The van der Waals surface area contributed by atoms with Gasteiger partial charge < -0.3 is 9.32 Å². The maximum absolute atomic E-state index is 9.62. The van der Waals surface area contributed by atoms with Crippen LogP contribution in [-0.4, -0.2) is 0 Å². The molecule has 1 aliphatic rings. The van der Waals surface area contributed by atoms with Crippen molar-refractivity contribution in [1.82, 2.24) is 0 Å². The Kier molecular flexibility index (Phi) is 6.81. The van der Waals surface area contributed by atoms with E-state index in [0.717, 1.165) is 66.6 Å². The molecule has 0 saturated carbocycles. The Morgan fingerprint density at radius 3 is 1.67 bits per heavy atom. The molecule has 0 bridgehead atoms. The molecule has 2 nitrogen and oxygen atoms in total. The Balaban J connectivity index is 1.14. The summed E-state index contributed by atoms with van der Waals surface area (Å²) in [6.07, 6.45) is 0. The molecule has 2 heteroatoms. The zero-order valence-corrected chi connectivity index (χ0v) is 30.9. The third-order valence-corrected chi connectivity index (χ3v) is 11.4. The van der Waals surface area contributed by atoms with Gasteiger partial charge in [-0.25, -0.2) is 0 Å². The number of rotatable bonds is 7. The molecule has 0 fully saturated rings. The van der Waals surface area contributed by atoms with Crippen LogP contribution >= 0.6 is 0 Å². The second-order valence-electron chi connectivity index (χ2n) is 14.5. The smallest absolute Gasteiger partial charge is 0.135 e. The van der Waals surface area contributed by atoms with Crippen LogP contribution in [0, 0.1) is 0 Å². The summed E-state index contributed by atoms with van der Waals surface area (Å²) >= 11 is 0. The van der Waals surface area contributed by atoms with Gasteiger partial charge in [-0.15, -0.1) is 0 Å². The molecule has 0 aliphatic heterocycles. The number of anilines is 3. The summed E-state index contributed by atoms with van der Waals surface area (Å²) in [5.41, 5.74) is 12.3. The Hall–Kier alpha value is -7.42.